The van der Waals surface area contributed by atoms with Crippen molar-refractivity contribution in [1.82, 2.24) is 10.1 Å². The van der Waals surface area contributed by atoms with Gasteiger partial charge in [-0.1, -0.05) is 5.16 Å². The first-order chi connectivity index (χ1) is 12.3. The van der Waals surface area contributed by atoms with E-state index in [1.54, 1.807) is 6.20 Å². The fourth-order valence-corrected chi connectivity index (χ4v) is 3.50. The number of hydrogen-bond acceptors (Lipinski definition) is 6. The lowest BCUT2D eigenvalue weighted by Crippen LogP contribution is -2.45. The molecule has 0 radical (unpaired) electrons. The van der Waals surface area contributed by atoms with Gasteiger partial charge >= 0.3 is 0 Å². The van der Waals surface area contributed by atoms with Gasteiger partial charge in [0.1, 0.15) is 11.6 Å². The molecule has 7 nitrogen and oxygen atoms in total. The second-order valence-electron chi connectivity index (χ2n) is 7.02. The first-order valence-corrected chi connectivity index (χ1v) is 8.95. The summed E-state index contributed by atoms with van der Waals surface area (Å²) in [5, 5.41) is 6.84. The van der Waals surface area contributed by atoms with Gasteiger partial charge in [0.15, 0.2) is 0 Å². The summed E-state index contributed by atoms with van der Waals surface area (Å²) < 4.78 is 10.9. The van der Waals surface area contributed by atoms with Gasteiger partial charge in [-0.15, -0.1) is 0 Å². The van der Waals surface area contributed by atoms with Crippen molar-refractivity contribution in [2.45, 2.75) is 52.7 Å². The lowest BCUT2D eigenvalue weighted by molar-refractivity contribution is -0.117. The molecule has 26 heavy (non-hydrogen) atoms. The number of aromatic nitrogens is 2. The van der Waals surface area contributed by atoms with Gasteiger partial charge < -0.3 is 19.5 Å². The Bertz CT molecular complexity index is 742. The van der Waals surface area contributed by atoms with Crippen LogP contribution in [0.4, 0.5) is 11.5 Å². The van der Waals surface area contributed by atoms with Crippen LogP contribution in [0.1, 0.15) is 43.7 Å². The molecule has 2 aromatic heterocycles. The molecule has 3 rings (SSSR count). The number of carbonyl (C=O) groups excluding carboxylic acids is 1. The molecule has 1 amide bonds. The monoisotopic (exact) mass is 358 g/mol. The normalized spacial score (nSPS) is 21.5. The third-order valence-electron chi connectivity index (χ3n) is 4.67. The molecule has 140 valence electrons. The number of nitrogens with zero attached hydrogens (tertiary/aromatic N) is 3. The maximum Gasteiger partial charge on any atom is 0.231 e. The van der Waals surface area contributed by atoms with E-state index < -0.39 is 0 Å². The molecule has 7 heteroatoms. The van der Waals surface area contributed by atoms with Crippen LogP contribution in [0, 0.1) is 13.8 Å². The minimum Gasteiger partial charge on any atom is -0.372 e. The predicted molar refractivity (Wildman–Crippen MR) is 99.5 cm³/mol. The Morgan fingerprint density at radius 1 is 1.27 bits per heavy atom. The predicted octanol–water partition coefficient (Wildman–Crippen LogP) is 3.04. The van der Waals surface area contributed by atoms with E-state index in [0.717, 1.165) is 30.2 Å². The molecule has 2 aromatic rings. The molecule has 3 atom stereocenters. The highest BCUT2D eigenvalue weighted by atomic mass is 16.5. The van der Waals surface area contributed by atoms with E-state index >= 15 is 0 Å². The third-order valence-corrected chi connectivity index (χ3v) is 4.67. The van der Waals surface area contributed by atoms with Crippen LogP contribution in [-0.2, 0) is 9.53 Å². The zero-order valence-electron chi connectivity index (χ0n) is 15.9. The van der Waals surface area contributed by atoms with Gasteiger partial charge in [0.05, 0.1) is 35.7 Å². The van der Waals surface area contributed by atoms with Crippen molar-refractivity contribution in [3.63, 3.8) is 0 Å². The molecule has 3 unspecified atom stereocenters. The van der Waals surface area contributed by atoms with Crippen molar-refractivity contribution < 1.29 is 14.1 Å². The van der Waals surface area contributed by atoms with Crippen LogP contribution in [0.5, 0.6) is 0 Å². The van der Waals surface area contributed by atoms with Crippen molar-refractivity contribution in [3.05, 3.63) is 35.3 Å². The average molecular weight is 358 g/mol. The van der Waals surface area contributed by atoms with E-state index in [-0.39, 0.29) is 24.0 Å². The molecule has 0 spiro atoms. The van der Waals surface area contributed by atoms with Gasteiger partial charge in [0.2, 0.25) is 5.91 Å². The molecule has 0 saturated carbocycles. The summed E-state index contributed by atoms with van der Waals surface area (Å²) in [6.07, 6.45) is 2.05. The average Bonchev–Trinajstić information content (AvgIpc) is 2.92. The quantitative estimate of drug-likeness (QED) is 0.905. The molecular formula is C19H26N4O3. The summed E-state index contributed by atoms with van der Waals surface area (Å²) in [5.74, 6) is 1.11. The van der Waals surface area contributed by atoms with E-state index in [0.29, 0.717) is 11.4 Å². The number of morpholine rings is 1. The first-order valence-electron chi connectivity index (χ1n) is 8.95. The van der Waals surface area contributed by atoms with Crippen molar-refractivity contribution in [3.8, 4) is 0 Å². The number of pyridine rings is 1. The molecule has 1 aliphatic rings. The zero-order valence-corrected chi connectivity index (χ0v) is 15.9. The van der Waals surface area contributed by atoms with Gasteiger partial charge in [-0.25, -0.2) is 4.98 Å². The molecule has 1 saturated heterocycles. The third kappa shape index (κ3) is 3.88. The Hall–Kier alpha value is -2.41. The van der Waals surface area contributed by atoms with Crippen molar-refractivity contribution in [1.29, 1.82) is 0 Å². The molecule has 1 fully saturated rings. The van der Waals surface area contributed by atoms with E-state index in [4.69, 9.17) is 9.26 Å². The molecule has 0 aliphatic carbocycles. The molecule has 0 bridgehead atoms. The smallest absolute Gasteiger partial charge is 0.231 e. The molecular weight excluding hydrogens is 332 g/mol. The van der Waals surface area contributed by atoms with Crippen LogP contribution >= 0.6 is 0 Å². The maximum absolute atomic E-state index is 12.6. The van der Waals surface area contributed by atoms with Crippen LogP contribution in [0.2, 0.25) is 0 Å². The number of rotatable bonds is 4. The van der Waals surface area contributed by atoms with Gasteiger partial charge in [-0.05, 0) is 46.8 Å². The first kappa shape index (κ1) is 18.4. The van der Waals surface area contributed by atoms with Gasteiger partial charge in [0, 0.05) is 18.7 Å². The van der Waals surface area contributed by atoms with Crippen LogP contribution in [-0.4, -0.2) is 41.3 Å². The standard InChI is InChI=1S/C19H26N4O3/c1-11-9-23(10-12(2)25-11)17-7-6-16(8-20-17)21-19(24)13(3)18-14(4)22-26-15(18)5/h6-8,11-13H,9-10H2,1-5H3,(H,21,24). The minimum absolute atomic E-state index is 0.109. The number of aryl methyl sites for hydroxylation is 2. The van der Waals surface area contributed by atoms with Crippen LogP contribution in [0.3, 0.4) is 0 Å². The topological polar surface area (TPSA) is 80.5 Å². The molecule has 3 heterocycles. The summed E-state index contributed by atoms with van der Waals surface area (Å²) in [4.78, 5) is 19.3. The number of amides is 1. The highest BCUT2D eigenvalue weighted by Crippen LogP contribution is 2.25. The Balaban J connectivity index is 1.66. The lowest BCUT2D eigenvalue weighted by Gasteiger charge is -2.36. The Morgan fingerprint density at radius 3 is 2.50 bits per heavy atom. The Morgan fingerprint density at radius 2 is 1.96 bits per heavy atom. The summed E-state index contributed by atoms with van der Waals surface area (Å²) >= 11 is 0. The SMILES string of the molecule is Cc1noc(C)c1C(C)C(=O)Nc1ccc(N2CC(C)OC(C)C2)nc1. The van der Waals surface area contributed by atoms with Crippen LogP contribution in [0.15, 0.2) is 22.9 Å². The maximum atomic E-state index is 12.6. The Kier molecular flexibility index (Phi) is 5.27. The van der Waals surface area contributed by atoms with E-state index in [1.165, 1.54) is 0 Å². The Labute approximate surface area is 153 Å². The number of hydrogen-bond donors (Lipinski definition) is 1. The fourth-order valence-electron chi connectivity index (χ4n) is 3.50. The minimum atomic E-state index is -0.345. The fraction of sp³-hybridized carbons (Fsp3) is 0.526. The number of ether oxygens (including phenoxy) is 1. The summed E-state index contributed by atoms with van der Waals surface area (Å²) in [6.45, 7) is 11.3. The summed E-state index contributed by atoms with van der Waals surface area (Å²) in [6, 6.07) is 3.81. The largest absolute Gasteiger partial charge is 0.372 e. The zero-order chi connectivity index (χ0) is 18.8. The number of nitrogens with one attached hydrogen (secondary N) is 1. The summed E-state index contributed by atoms with van der Waals surface area (Å²) in [5.41, 5.74) is 2.25. The van der Waals surface area contributed by atoms with Crippen LogP contribution < -0.4 is 10.2 Å². The van der Waals surface area contributed by atoms with Gasteiger partial charge in [0.25, 0.3) is 0 Å². The van der Waals surface area contributed by atoms with Crippen LogP contribution in [0.25, 0.3) is 0 Å². The van der Waals surface area contributed by atoms with Gasteiger partial charge in [-0.3, -0.25) is 4.79 Å². The highest BCUT2D eigenvalue weighted by Gasteiger charge is 2.24. The number of carbonyl (C=O) groups is 1. The second-order valence-corrected chi connectivity index (χ2v) is 7.02. The van der Waals surface area contributed by atoms with E-state index in [1.807, 2.05) is 32.9 Å². The lowest BCUT2D eigenvalue weighted by atomic mass is 9.98. The van der Waals surface area contributed by atoms with E-state index in [9.17, 15) is 4.79 Å². The van der Waals surface area contributed by atoms with Gasteiger partial charge in [-0.2, -0.15) is 0 Å². The highest BCUT2D eigenvalue weighted by molar-refractivity contribution is 5.95. The van der Waals surface area contributed by atoms with E-state index in [2.05, 4.69) is 34.2 Å². The summed E-state index contributed by atoms with van der Waals surface area (Å²) in [7, 11) is 0. The molecule has 0 aromatic carbocycles. The van der Waals surface area contributed by atoms with Crippen molar-refractivity contribution >= 4 is 17.4 Å². The molecule has 1 aliphatic heterocycles. The van der Waals surface area contributed by atoms with Crippen molar-refractivity contribution in [2.24, 2.45) is 0 Å². The number of anilines is 2. The molecule has 1 N–H and O–H groups in total. The van der Waals surface area contributed by atoms with Crippen molar-refractivity contribution in [2.75, 3.05) is 23.3 Å². The second kappa shape index (κ2) is 7.45.